The number of nitriles is 1. The minimum atomic E-state index is -0.139. The van der Waals surface area contributed by atoms with Crippen LogP contribution in [0, 0.1) is 11.5 Å². The molecule has 2 aromatic carbocycles. The van der Waals surface area contributed by atoms with Crippen LogP contribution in [-0.2, 0) is 9.47 Å². The minimum absolute atomic E-state index is 0.139. The molecule has 1 aromatic heterocycles. The molecule has 3 aromatic rings. The Hall–Kier alpha value is -3.73. The number of hydrogen-bond acceptors (Lipinski definition) is 5. The first kappa shape index (κ1) is 22.0. The zero-order chi connectivity index (χ0) is 21.6. The van der Waals surface area contributed by atoms with Gasteiger partial charge in [0.25, 0.3) is 0 Å². The standard InChI is InChI=1S/C24H25N5O2/c25-19-28-24(29-22-11-13-26-14-12-22)27-15-16-30-17-18-31-23(20-7-3-1-4-8-20)21-9-5-2-6-10-21/h1-14,23H,15-18H2,(H2,26,27,28,29). The van der Waals surface area contributed by atoms with Crippen molar-refractivity contribution >= 4 is 11.6 Å². The van der Waals surface area contributed by atoms with Gasteiger partial charge in [-0.3, -0.25) is 10.3 Å². The van der Waals surface area contributed by atoms with Crippen molar-refractivity contribution in [3.05, 3.63) is 96.3 Å². The first-order valence-corrected chi connectivity index (χ1v) is 10.0. The van der Waals surface area contributed by atoms with Gasteiger partial charge in [0.05, 0.1) is 26.4 Å². The lowest BCUT2D eigenvalue weighted by atomic mass is 10.0. The summed E-state index contributed by atoms with van der Waals surface area (Å²) in [7, 11) is 0. The highest BCUT2D eigenvalue weighted by atomic mass is 16.5. The molecule has 0 aliphatic carbocycles. The molecule has 0 unspecified atom stereocenters. The molecule has 0 spiro atoms. The Bertz CT molecular complexity index is 920. The van der Waals surface area contributed by atoms with Gasteiger partial charge < -0.3 is 14.8 Å². The summed E-state index contributed by atoms with van der Waals surface area (Å²) < 4.78 is 11.8. The van der Waals surface area contributed by atoms with Gasteiger partial charge in [-0.15, -0.1) is 0 Å². The topological polar surface area (TPSA) is 91.6 Å². The number of benzene rings is 2. The van der Waals surface area contributed by atoms with Crippen LogP contribution in [0.2, 0.25) is 0 Å². The maximum atomic E-state index is 8.89. The molecule has 7 heteroatoms. The fourth-order valence-electron chi connectivity index (χ4n) is 2.92. The zero-order valence-corrected chi connectivity index (χ0v) is 17.1. The molecule has 0 bridgehead atoms. The minimum Gasteiger partial charge on any atom is -0.377 e. The van der Waals surface area contributed by atoms with E-state index in [0.29, 0.717) is 32.3 Å². The highest BCUT2D eigenvalue weighted by molar-refractivity contribution is 5.94. The molecule has 7 nitrogen and oxygen atoms in total. The molecular formula is C24H25N5O2. The molecule has 2 N–H and O–H groups in total. The summed E-state index contributed by atoms with van der Waals surface area (Å²) in [5.41, 5.74) is 3.00. The number of ether oxygens (including phenoxy) is 2. The van der Waals surface area contributed by atoms with Gasteiger partial charge in [0.1, 0.15) is 6.10 Å². The van der Waals surface area contributed by atoms with Crippen LogP contribution in [0.3, 0.4) is 0 Å². The monoisotopic (exact) mass is 415 g/mol. The van der Waals surface area contributed by atoms with E-state index >= 15 is 0 Å². The SMILES string of the molecule is N#CNC(=NCCOCCOC(c1ccccc1)c1ccccc1)Nc1ccncc1. The number of guanidine groups is 1. The molecule has 0 aliphatic rings. The van der Waals surface area contributed by atoms with E-state index in [1.165, 1.54) is 0 Å². The molecule has 0 aliphatic heterocycles. The van der Waals surface area contributed by atoms with Crippen molar-refractivity contribution in [2.45, 2.75) is 6.10 Å². The third kappa shape index (κ3) is 7.55. The molecule has 158 valence electrons. The summed E-state index contributed by atoms with van der Waals surface area (Å²) >= 11 is 0. The van der Waals surface area contributed by atoms with E-state index in [1.54, 1.807) is 24.5 Å². The lowest BCUT2D eigenvalue weighted by Crippen LogP contribution is -2.27. The molecular weight excluding hydrogens is 390 g/mol. The van der Waals surface area contributed by atoms with Crippen molar-refractivity contribution in [3.63, 3.8) is 0 Å². The summed E-state index contributed by atoms with van der Waals surface area (Å²) in [5.74, 6) is 0.363. The van der Waals surface area contributed by atoms with Crippen LogP contribution in [0.1, 0.15) is 17.2 Å². The van der Waals surface area contributed by atoms with Crippen molar-refractivity contribution in [2.75, 3.05) is 31.7 Å². The maximum Gasteiger partial charge on any atom is 0.209 e. The number of nitrogens with one attached hydrogen (secondary N) is 2. The lowest BCUT2D eigenvalue weighted by molar-refractivity contribution is 0.0220. The second-order valence-corrected chi connectivity index (χ2v) is 6.51. The van der Waals surface area contributed by atoms with Gasteiger partial charge in [0.2, 0.25) is 5.96 Å². The fourth-order valence-corrected chi connectivity index (χ4v) is 2.92. The second-order valence-electron chi connectivity index (χ2n) is 6.51. The van der Waals surface area contributed by atoms with Crippen molar-refractivity contribution in [2.24, 2.45) is 4.99 Å². The van der Waals surface area contributed by atoms with E-state index in [4.69, 9.17) is 14.7 Å². The number of aliphatic imine (C=N–C) groups is 1. The summed E-state index contributed by atoms with van der Waals surface area (Å²) in [6.07, 6.45) is 5.05. The lowest BCUT2D eigenvalue weighted by Gasteiger charge is -2.19. The summed E-state index contributed by atoms with van der Waals surface area (Å²) in [4.78, 5) is 8.28. The third-order valence-corrected chi connectivity index (χ3v) is 4.34. The zero-order valence-electron chi connectivity index (χ0n) is 17.1. The number of anilines is 1. The van der Waals surface area contributed by atoms with Gasteiger partial charge in [-0.1, -0.05) is 60.7 Å². The molecule has 0 fully saturated rings. The Kier molecular flexibility index (Phi) is 9.04. The quantitative estimate of drug-likeness (QED) is 0.172. The van der Waals surface area contributed by atoms with Crippen LogP contribution in [0.5, 0.6) is 0 Å². The largest absolute Gasteiger partial charge is 0.377 e. The van der Waals surface area contributed by atoms with Crippen LogP contribution in [-0.4, -0.2) is 37.3 Å². The van der Waals surface area contributed by atoms with Gasteiger partial charge in [0.15, 0.2) is 6.19 Å². The molecule has 0 amide bonds. The van der Waals surface area contributed by atoms with Crippen molar-refractivity contribution in [3.8, 4) is 6.19 Å². The third-order valence-electron chi connectivity index (χ3n) is 4.34. The second kappa shape index (κ2) is 12.8. The Balaban J connectivity index is 1.44. The van der Waals surface area contributed by atoms with Crippen LogP contribution in [0.4, 0.5) is 5.69 Å². The molecule has 31 heavy (non-hydrogen) atoms. The van der Waals surface area contributed by atoms with Crippen molar-refractivity contribution in [1.82, 2.24) is 10.3 Å². The average molecular weight is 415 g/mol. The van der Waals surface area contributed by atoms with Gasteiger partial charge >= 0.3 is 0 Å². The highest BCUT2D eigenvalue weighted by Gasteiger charge is 2.13. The van der Waals surface area contributed by atoms with Gasteiger partial charge in [-0.05, 0) is 23.3 Å². The summed E-state index contributed by atoms with van der Waals surface area (Å²) in [6, 6.07) is 23.9. The predicted octanol–water partition coefficient (Wildman–Crippen LogP) is 3.74. The molecule has 0 saturated carbocycles. The number of pyridine rings is 1. The van der Waals surface area contributed by atoms with Crippen LogP contribution in [0.25, 0.3) is 0 Å². The summed E-state index contributed by atoms with van der Waals surface area (Å²) in [6.45, 7) is 1.73. The molecule has 0 atom stereocenters. The van der Waals surface area contributed by atoms with Crippen LogP contribution in [0.15, 0.2) is 90.2 Å². The van der Waals surface area contributed by atoms with Gasteiger partial charge in [0, 0.05) is 18.1 Å². The van der Waals surface area contributed by atoms with E-state index in [-0.39, 0.29) is 6.10 Å². The Morgan fingerprint density at radius 1 is 0.903 bits per heavy atom. The smallest absolute Gasteiger partial charge is 0.209 e. The van der Waals surface area contributed by atoms with Crippen molar-refractivity contribution < 1.29 is 9.47 Å². The average Bonchev–Trinajstić information content (AvgIpc) is 2.83. The van der Waals surface area contributed by atoms with E-state index < -0.39 is 0 Å². The molecule has 3 rings (SSSR count). The van der Waals surface area contributed by atoms with Gasteiger partial charge in [-0.25, -0.2) is 4.99 Å². The number of aromatic nitrogens is 1. The van der Waals surface area contributed by atoms with Gasteiger partial charge in [-0.2, -0.15) is 5.26 Å². The van der Waals surface area contributed by atoms with Crippen molar-refractivity contribution in [1.29, 1.82) is 5.26 Å². The number of hydrogen-bond donors (Lipinski definition) is 2. The van der Waals surface area contributed by atoms with Crippen LogP contribution >= 0.6 is 0 Å². The Morgan fingerprint density at radius 3 is 2.16 bits per heavy atom. The highest BCUT2D eigenvalue weighted by Crippen LogP contribution is 2.25. The van der Waals surface area contributed by atoms with E-state index in [0.717, 1.165) is 16.8 Å². The first-order valence-electron chi connectivity index (χ1n) is 10.0. The number of rotatable bonds is 10. The molecule has 0 radical (unpaired) electrons. The predicted molar refractivity (Wildman–Crippen MR) is 120 cm³/mol. The summed E-state index contributed by atoms with van der Waals surface area (Å²) in [5, 5.41) is 14.4. The molecule has 1 heterocycles. The molecule has 0 saturated heterocycles. The van der Waals surface area contributed by atoms with Crippen LogP contribution < -0.4 is 10.6 Å². The maximum absolute atomic E-state index is 8.89. The Morgan fingerprint density at radius 2 is 1.55 bits per heavy atom. The van der Waals surface area contributed by atoms with E-state index in [2.05, 4.69) is 44.9 Å². The van der Waals surface area contributed by atoms with E-state index in [9.17, 15) is 0 Å². The fraction of sp³-hybridized carbons (Fsp3) is 0.208. The Labute approximate surface area is 182 Å². The van der Waals surface area contributed by atoms with E-state index in [1.807, 2.05) is 42.6 Å². The number of nitrogens with zero attached hydrogens (tertiary/aromatic N) is 3. The normalized spacial score (nSPS) is 11.2. The first-order chi connectivity index (χ1) is 15.4.